The summed E-state index contributed by atoms with van der Waals surface area (Å²) in [5.74, 6) is 2.76. The molecule has 1 aromatic rings. The minimum absolute atomic E-state index is 0.332. The second kappa shape index (κ2) is 11.3. The number of ether oxygens (including phenoxy) is 2. The number of guanidine groups is 1. The first-order chi connectivity index (χ1) is 14.2. The van der Waals surface area contributed by atoms with Crippen molar-refractivity contribution in [3.05, 3.63) is 23.8 Å². The number of hydrogen-bond donors (Lipinski definition) is 1. The lowest BCUT2D eigenvalue weighted by molar-refractivity contribution is 0.171. The van der Waals surface area contributed by atoms with Gasteiger partial charge in [0.15, 0.2) is 17.5 Å². The Morgan fingerprint density at radius 3 is 2.55 bits per heavy atom. The zero-order chi connectivity index (χ0) is 20.5. The number of nitrogens with zero attached hydrogens (tertiary/aromatic N) is 4. The van der Waals surface area contributed by atoms with Crippen LogP contribution in [0.15, 0.2) is 23.2 Å². The van der Waals surface area contributed by atoms with E-state index in [0.717, 1.165) is 69.8 Å². The molecule has 2 aliphatic rings. The van der Waals surface area contributed by atoms with Crippen molar-refractivity contribution in [1.82, 2.24) is 20.0 Å². The van der Waals surface area contributed by atoms with Gasteiger partial charge in [-0.25, -0.2) is 0 Å². The van der Waals surface area contributed by atoms with Crippen molar-refractivity contribution in [2.24, 2.45) is 4.99 Å². The van der Waals surface area contributed by atoms with Gasteiger partial charge >= 0.3 is 0 Å². The van der Waals surface area contributed by atoms with E-state index in [1.165, 1.54) is 24.9 Å². The number of hydrogen-bond acceptors (Lipinski definition) is 5. The third kappa shape index (κ3) is 6.24. The normalized spacial score (nSPS) is 17.2. The highest BCUT2D eigenvalue weighted by molar-refractivity contribution is 5.79. The third-order valence-corrected chi connectivity index (χ3v) is 5.81. The van der Waals surface area contributed by atoms with E-state index in [1.54, 1.807) is 0 Å². The monoisotopic (exact) mass is 403 g/mol. The molecule has 1 saturated heterocycles. The Bertz CT molecular complexity index is 655. The third-order valence-electron chi connectivity index (χ3n) is 5.81. The Hall–Kier alpha value is -1.99. The van der Waals surface area contributed by atoms with Gasteiger partial charge in [0.2, 0.25) is 6.79 Å². The lowest BCUT2D eigenvalue weighted by Gasteiger charge is -2.36. The second-order valence-electron chi connectivity index (χ2n) is 7.66. The van der Waals surface area contributed by atoms with Gasteiger partial charge in [0.1, 0.15) is 0 Å². The van der Waals surface area contributed by atoms with E-state index < -0.39 is 0 Å². The van der Waals surface area contributed by atoms with Crippen LogP contribution in [-0.4, -0.2) is 86.9 Å². The van der Waals surface area contributed by atoms with E-state index in [2.05, 4.69) is 51.0 Å². The summed E-state index contributed by atoms with van der Waals surface area (Å²) in [6.45, 7) is 14.3. The zero-order valence-electron chi connectivity index (χ0n) is 18.3. The Morgan fingerprint density at radius 2 is 1.83 bits per heavy atom. The zero-order valence-corrected chi connectivity index (χ0v) is 18.3. The summed E-state index contributed by atoms with van der Waals surface area (Å²) in [6, 6.07) is 6.26. The number of unbranched alkanes of at least 4 members (excludes halogenated alkanes) is 1. The highest BCUT2D eigenvalue weighted by Gasteiger charge is 2.20. The van der Waals surface area contributed by atoms with Crippen molar-refractivity contribution in [2.75, 3.05) is 66.2 Å². The predicted octanol–water partition coefficient (Wildman–Crippen LogP) is 2.23. The Kier molecular flexibility index (Phi) is 8.43. The van der Waals surface area contributed by atoms with Crippen molar-refractivity contribution in [2.45, 2.75) is 33.2 Å². The van der Waals surface area contributed by atoms with Crippen LogP contribution in [0, 0.1) is 0 Å². The average Bonchev–Trinajstić information content (AvgIpc) is 3.22. The standard InChI is InChI=1S/C22H37N5O2/c1-4-25(5-2)11-7-6-10-24-22(23-3)27-14-12-26(13-15-27)17-19-8-9-20-21(16-19)29-18-28-20/h8-9,16H,4-7,10-15,17-18H2,1-3H3,(H,23,24). The summed E-state index contributed by atoms with van der Waals surface area (Å²) in [5.41, 5.74) is 1.28. The number of aliphatic imine (C=N–C) groups is 1. The molecule has 1 fully saturated rings. The lowest BCUT2D eigenvalue weighted by atomic mass is 10.1. The molecule has 29 heavy (non-hydrogen) atoms. The minimum atomic E-state index is 0.332. The van der Waals surface area contributed by atoms with Gasteiger partial charge < -0.3 is 24.6 Å². The van der Waals surface area contributed by atoms with E-state index in [4.69, 9.17) is 9.47 Å². The van der Waals surface area contributed by atoms with Crippen LogP contribution in [0.1, 0.15) is 32.3 Å². The number of piperazine rings is 1. The van der Waals surface area contributed by atoms with E-state index in [0.29, 0.717) is 6.79 Å². The van der Waals surface area contributed by atoms with Gasteiger partial charge in [-0.05, 0) is 50.2 Å². The second-order valence-corrected chi connectivity index (χ2v) is 7.66. The average molecular weight is 404 g/mol. The molecule has 7 heteroatoms. The first-order valence-electron chi connectivity index (χ1n) is 11.0. The Morgan fingerprint density at radius 1 is 1.07 bits per heavy atom. The van der Waals surface area contributed by atoms with Gasteiger partial charge in [0.25, 0.3) is 0 Å². The van der Waals surface area contributed by atoms with Crippen LogP contribution in [0.2, 0.25) is 0 Å². The molecule has 0 unspecified atom stereocenters. The Balaban J connectivity index is 1.36. The molecule has 162 valence electrons. The maximum Gasteiger partial charge on any atom is 0.231 e. The van der Waals surface area contributed by atoms with E-state index in [9.17, 15) is 0 Å². The fourth-order valence-corrected chi connectivity index (χ4v) is 3.95. The molecular formula is C22H37N5O2. The van der Waals surface area contributed by atoms with Gasteiger partial charge in [-0.2, -0.15) is 0 Å². The van der Waals surface area contributed by atoms with Crippen molar-refractivity contribution in [1.29, 1.82) is 0 Å². The predicted molar refractivity (Wildman–Crippen MR) is 118 cm³/mol. The van der Waals surface area contributed by atoms with Crippen LogP contribution in [0.5, 0.6) is 11.5 Å². The molecule has 3 rings (SSSR count). The smallest absolute Gasteiger partial charge is 0.231 e. The minimum Gasteiger partial charge on any atom is -0.454 e. The lowest BCUT2D eigenvalue weighted by Crippen LogP contribution is -2.52. The van der Waals surface area contributed by atoms with Gasteiger partial charge in [0, 0.05) is 46.3 Å². The molecule has 0 amide bonds. The Labute approximate surface area is 175 Å². The summed E-state index contributed by atoms with van der Waals surface area (Å²) in [5, 5.41) is 3.55. The fraction of sp³-hybridized carbons (Fsp3) is 0.682. The topological polar surface area (TPSA) is 52.6 Å². The largest absolute Gasteiger partial charge is 0.454 e. The molecule has 0 spiro atoms. The molecule has 2 heterocycles. The summed E-state index contributed by atoms with van der Waals surface area (Å²) in [4.78, 5) is 11.8. The van der Waals surface area contributed by atoms with Crippen LogP contribution in [0.25, 0.3) is 0 Å². The SMILES string of the molecule is CCN(CC)CCCCNC(=NC)N1CCN(Cc2ccc3c(c2)OCO3)CC1. The van der Waals surface area contributed by atoms with Crippen LogP contribution in [0.4, 0.5) is 0 Å². The van der Waals surface area contributed by atoms with Crippen LogP contribution < -0.4 is 14.8 Å². The number of fused-ring (bicyclic) bond motifs is 1. The maximum absolute atomic E-state index is 5.50. The van der Waals surface area contributed by atoms with Crippen LogP contribution in [0.3, 0.4) is 0 Å². The quantitative estimate of drug-likeness (QED) is 0.388. The van der Waals surface area contributed by atoms with Gasteiger partial charge in [-0.3, -0.25) is 9.89 Å². The number of rotatable bonds is 9. The highest BCUT2D eigenvalue weighted by atomic mass is 16.7. The molecule has 0 bridgehead atoms. The molecule has 1 N–H and O–H groups in total. The molecule has 2 aliphatic heterocycles. The molecule has 0 aromatic heterocycles. The van der Waals surface area contributed by atoms with Crippen LogP contribution >= 0.6 is 0 Å². The summed E-state index contributed by atoms with van der Waals surface area (Å²) < 4.78 is 10.9. The van der Waals surface area contributed by atoms with Gasteiger partial charge in [0.05, 0.1) is 0 Å². The van der Waals surface area contributed by atoms with E-state index >= 15 is 0 Å². The van der Waals surface area contributed by atoms with Gasteiger partial charge in [-0.15, -0.1) is 0 Å². The van der Waals surface area contributed by atoms with E-state index in [-0.39, 0.29) is 0 Å². The molecule has 0 saturated carbocycles. The molecule has 7 nitrogen and oxygen atoms in total. The highest BCUT2D eigenvalue weighted by Crippen LogP contribution is 2.32. The van der Waals surface area contributed by atoms with Crippen molar-refractivity contribution in [3.63, 3.8) is 0 Å². The first-order valence-corrected chi connectivity index (χ1v) is 11.0. The molecule has 0 atom stereocenters. The first kappa shape index (κ1) is 21.7. The number of benzene rings is 1. The van der Waals surface area contributed by atoms with Crippen molar-refractivity contribution in [3.8, 4) is 11.5 Å². The maximum atomic E-state index is 5.50. The fourth-order valence-electron chi connectivity index (χ4n) is 3.95. The molecular weight excluding hydrogens is 366 g/mol. The van der Waals surface area contributed by atoms with Crippen molar-refractivity contribution < 1.29 is 9.47 Å². The summed E-state index contributed by atoms with van der Waals surface area (Å²) >= 11 is 0. The molecule has 0 aliphatic carbocycles. The van der Waals surface area contributed by atoms with Crippen molar-refractivity contribution >= 4 is 5.96 Å². The summed E-state index contributed by atoms with van der Waals surface area (Å²) in [6.07, 6.45) is 2.41. The molecule has 1 aromatic carbocycles. The summed E-state index contributed by atoms with van der Waals surface area (Å²) in [7, 11) is 1.89. The van der Waals surface area contributed by atoms with Crippen LogP contribution in [-0.2, 0) is 6.54 Å². The number of nitrogens with one attached hydrogen (secondary N) is 1. The molecule has 0 radical (unpaired) electrons. The van der Waals surface area contributed by atoms with E-state index in [1.807, 2.05) is 13.1 Å². The van der Waals surface area contributed by atoms with Gasteiger partial charge in [-0.1, -0.05) is 19.9 Å².